The van der Waals surface area contributed by atoms with E-state index in [2.05, 4.69) is 9.88 Å². The van der Waals surface area contributed by atoms with Crippen LogP contribution in [-0.2, 0) is 16.1 Å². The number of H-pyrrole nitrogens is 1. The second-order valence-corrected chi connectivity index (χ2v) is 8.52. The number of benzene rings is 1. The number of rotatable bonds is 2. The van der Waals surface area contributed by atoms with Crippen LogP contribution >= 0.6 is 0 Å². The number of aromatic nitrogens is 1. The molecule has 1 aromatic heterocycles. The lowest BCUT2D eigenvalue weighted by Crippen LogP contribution is -2.64. The first kappa shape index (κ1) is 22.4. The summed E-state index contributed by atoms with van der Waals surface area (Å²) in [5.74, 6) is 0. The first-order valence-corrected chi connectivity index (χ1v) is 10.2. The predicted octanol–water partition coefficient (Wildman–Crippen LogP) is 1.40. The maximum Gasteiger partial charge on any atom is 0.290 e. The van der Waals surface area contributed by atoms with Crippen molar-refractivity contribution >= 4 is 17.4 Å². The van der Waals surface area contributed by atoms with Gasteiger partial charge in [-0.1, -0.05) is 12.1 Å². The van der Waals surface area contributed by atoms with Crippen LogP contribution in [0.1, 0.15) is 37.3 Å². The SMILES string of the molecule is Cc1ccc2cc(CN3CCC4(CC3)OCC[C@@](C)(O)[C@@H]4O)c(=O)[nH]c2c1.O=CO. The fourth-order valence-electron chi connectivity index (χ4n) is 4.47. The monoisotopic (exact) mass is 418 g/mol. The second kappa shape index (κ2) is 8.85. The number of nitrogens with one attached hydrogen (secondary N) is 1. The lowest BCUT2D eigenvalue weighted by atomic mass is 9.75. The molecule has 8 nitrogen and oxygen atoms in total. The fraction of sp³-hybridized carbons (Fsp3) is 0.545. The highest BCUT2D eigenvalue weighted by atomic mass is 16.5. The largest absolute Gasteiger partial charge is 0.483 e. The van der Waals surface area contributed by atoms with E-state index >= 15 is 0 Å². The van der Waals surface area contributed by atoms with Crippen molar-refractivity contribution in [1.82, 2.24) is 9.88 Å². The summed E-state index contributed by atoms with van der Waals surface area (Å²) in [5.41, 5.74) is 0.903. The molecular weight excluding hydrogens is 388 g/mol. The molecule has 4 rings (SSSR count). The summed E-state index contributed by atoms with van der Waals surface area (Å²) in [4.78, 5) is 26.0. The number of likely N-dealkylation sites (tertiary alicyclic amines) is 1. The number of fused-ring (bicyclic) bond motifs is 1. The number of carboxylic acid groups (broad SMARTS) is 1. The normalized spacial score (nSPS) is 26.2. The van der Waals surface area contributed by atoms with Crippen molar-refractivity contribution in [3.05, 3.63) is 45.7 Å². The Balaban J connectivity index is 0.000000806. The topological polar surface area (TPSA) is 123 Å². The van der Waals surface area contributed by atoms with Gasteiger partial charge in [0.1, 0.15) is 6.10 Å². The summed E-state index contributed by atoms with van der Waals surface area (Å²) in [6, 6.07) is 8.03. The van der Waals surface area contributed by atoms with Gasteiger partial charge in [0.2, 0.25) is 0 Å². The van der Waals surface area contributed by atoms with Crippen LogP contribution in [0, 0.1) is 6.92 Å². The molecule has 2 aliphatic heterocycles. The molecule has 3 heterocycles. The number of nitrogens with zero attached hydrogens (tertiary/aromatic N) is 1. The van der Waals surface area contributed by atoms with Gasteiger partial charge in [-0.15, -0.1) is 0 Å². The van der Waals surface area contributed by atoms with Gasteiger partial charge in [0.05, 0.1) is 17.8 Å². The number of hydrogen-bond donors (Lipinski definition) is 4. The molecule has 30 heavy (non-hydrogen) atoms. The Kier molecular flexibility index (Phi) is 6.62. The summed E-state index contributed by atoms with van der Waals surface area (Å²) in [5, 5.41) is 29.0. The highest BCUT2D eigenvalue weighted by molar-refractivity contribution is 5.79. The average molecular weight is 418 g/mol. The molecule has 0 saturated carbocycles. The molecule has 1 spiro atoms. The molecule has 2 aromatic rings. The number of aryl methyl sites for hydroxylation is 1. The van der Waals surface area contributed by atoms with Crippen molar-refractivity contribution in [2.45, 2.75) is 57.0 Å². The second-order valence-electron chi connectivity index (χ2n) is 8.52. The highest BCUT2D eigenvalue weighted by Gasteiger charge is 2.52. The lowest BCUT2D eigenvalue weighted by molar-refractivity contribution is -0.246. The molecule has 2 aliphatic rings. The maximum atomic E-state index is 12.5. The van der Waals surface area contributed by atoms with E-state index in [9.17, 15) is 15.0 Å². The van der Waals surface area contributed by atoms with Crippen LogP contribution in [-0.4, -0.2) is 68.7 Å². The van der Waals surface area contributed by atoms with E-state index in [0.717, 1.165) is 35.1 Å². The van der Waals surface area contributed by atoms with Gasteiger partial charge in [-0.2, -0.15) is 0 Å². The first-order chi connectivity index (χ1) is 14.2. The third-order valence-corrected chi connectivity index (χ3v) is 6.26. The number of aliphatic hydroxyl groups excluding tert-OH is 1. The standard InChI is InChI=1S/C21H28N2O4.CH2O2/c1-14-3-4-15-12-16(18(24)22-17(15)11-14)13-23-8-5-21(6-9-23)19(25)20(2,26)7-10-27-21;2-1-3/h3-4,11-12,19,25-26H,5-10,13H2,1-2H3,(H,22,24);1H,(H,2,3)/t19-,20+;/m0./s1. The molecule has 0 aliphatic carbocycles. The quantitative estimate of drug-likeness (QED) is 0.544. The summed E-state index contributed by atoms with van der Waals surface area (Å²) in [6.07, 6.45) is 0.864. The Morgan fingerprint density at radius 3 is 2.60 bits per heavy atom. The van der Waals surface area contributed by atoms with Crippen LogP contribution in [0.2, 0.25) is 0 Å². The summed E-state index contributed by atoms with van der Waals surface area (Å²) >= 11 is 0. The van der Waals surface area contributed by atoms with E-state index in [1.807, 2.05) is 31.2 Å². The molecule has 1 aromatic carbocycles. The molecule has 0 radical (unpaired) electrons. The number of pyridine rings is 1. The van der Waals surface area contributed by atoms with Gasteiger partial charge < -0.3 is 25.0 Å². The van der Waals surface area contributed by atoms with Crippen molar-refractivity contribution in [3.8, 4) is 0 Å². The minimum atomic E-state index is -1.10. The van der Waals surface area contributed by atoms with E-state index in [-0.39, 0.29) is 12.0 Å². The van der Waals surface area contributed by atoms with Crippen molar-refractivity contribution in [3.63, 3.8) is 0 Å². The fourth-order valence-corrected chi connectivity index (χ4v) is 4.47. The number of ether oxygens (including phenoxy) is 1. The molecule has 0 unspecified atom stereocenters. The van der Waals surface area contributed by atoms with E-state index < -0.39 is 17.3 Å². The average Bonchev–Trinajstić information content (AvgIpc) is 2.69. The Morgan fingerprint density at radius 2 is 1.93 bits per heavy atom. The van der Waals surface area contributed by atoms with Crippen LogP contribution in [0.15, 0.2) is 29.1 Å². The number of carbonyl (C=O) groups is 1. The van der Waals surface area contributed by atoms with E-state index in [1.165, 1.54) is 0 Å². The minimum Gasteiger partial charge on any atom is -0.483 e. The zero-order valence-electron chi connectivity index (χ0n) is 17.4. The Hall–Kier alpha value is -2.26. The Bertz CT molecular complexity index is 946. The molecule has 0 amide bonds. The summed E-state index contributed by atoms with van der Waals surface area (Å²) in [6.45, 7) is 5.92. The number of aliphatic hydroxyl groups is 2. The zero-order chi connectivity index (χ0) is 21.9. The van der Waals surface area contributed by atoms with Crippen LogP contribution in [0.5, 0.6) is 0 Å². The van der Waals surface area contributed by atoms with Crippen molar-refractivity contribution < 1.29 is 24.9 Å². The van der Waals surface area contributed by atoms with Crippen molar-refractivity contribution in [2.75, 3.05) is 19.7 Å². The number of hydrogen-bond acceptors (Lipinski definition) is 6. The zero-order valence-corrected chi connectivity index (χ0v) is 17.4. The molecule has 2 atom stereocenters. The molecule has 164 valence electrons. The van der Waals surface area contributed by atoms with Gasteiger partial charge in [0, 0.05) is 37.1 Å². The van der Waals surface area contributed by atoms with Gasteiger partial charge >= 0.3 is 0 Å². The minimum absolute atomic E-state index is 0.0507. The van der Waals surface area contributed by atoms with Gasteiger partial charge in [0.25, 0.3) is 12.0 Å². The third-order valence-electron chi connectivity index (χ3n) is 6.26. The maximum absolute atomic E-state index is 12.5. The summed E-state index contributed by atoms with van der Waals surface area (Å²) < 4.78 is 5.94. The van der Waals surface area contributed by atoms with Gasteiger partial charge in [0.15, 0.2) is 0 Å². The van der Waals surface area contributed by atoms with Gasteiger partial charge in [-0.3, -0.25) is 14.5 Å². The first-order valence-electron chi connectivity index (χ1n) is 10.2. The van der Waals surface area contributed by atoms with Crippen molar-refractivity contribution in [2.24, 2.45) is 0 Å². The lowest BCUT2D eigenvalue weighted by Gasteiger charge is -2.51. The molecule has 0 bridgehead atoms. The molecular formula is C22H30N2O6. The van der Waals surface area contributed by atoms with Crippen molar-refractivity contribution in [1.29, 1.82) is 0 Å². The number of piperidine rings is 1. The molecule has 8 heteroatoms. The van der Waals surface area contributed by atoms with E-state index in [0.29, 0.717) is 32.4 Å². The van der Waals surface area contributed by atoms with Gasteiger partial charge in [-0.05, 0) is 49.8 Å². The third kappa shape index (κ3) is 4.57. The Morgan fingerprint density at radius 1 is 1.27 bits per heavy atom. The Labute approximate surface area is 175 Å². The smallest absolute Gasteiger partial charge is 0.290 e. The van der Waals surface area contributed by atoms with E-state index in [4.69, 9.17) is 14.6 Å². The van der Waals surface area contributed by atoms with Gasteiger partial charge in [-0.25, -0.2) is 0 Å². The van der Waals surface area contributed by atoms with Crippen LogP contribution in [0.25, 0.3) is 10.9 Å². The van der Waals surface area contributed by atoms with Crippen LogP contribution < -0.4 is 5.56 Å². The highest BCUT2D eigenvalue weighted by Crippen LogP contribution is 2.39. The number of aromatic amines is 1. The van der Waals surface area contributed by atoms with E-state index in [1.54, 1.807) is 6.92 Å². The molecule has 2 saturated heterocycles. The predicted molar refractivity (Wildman–Crippen MR) is 112 cm³/mol. The van der Waals surface area contributed by atoms with Crippen LogP contribution in [0.4, 0.5) is 0 Å². The van der Waals surface area contributed by atoms with Crippen LogP contribution in [0.3, 0.4) is 0 Å². The summed E-state index contributed by atoms with van der Waals surface area (Å²) in [7, 11) is 0. The molecule has 4 N–H and O–H groups in total. The molecule has 2 fully saturated rings.